The maximum atomic E-state index is 13.1. The first-order chi connectivity index (χ1) is 17.5. The average molecular weight is 492 g/mol. The van der Waals surface area contributed by atoms with Gasteiger partial charge in [-0.15, -0.1) is 0 Å². The summed E-state index contributed by atoms with van der Waals surface area (Å²) in [6.07, 6.45) is 6.23. The molecule has 1 fully saturated rings. The number of hydrogen-bond acceptors (Lipinski definition) is 6. The molecular formula is C26H33N7O3. The Labute approximate surface area is 208 Å². The summed E-state index contributed by atoms with van der Waals surface area (Å²) in [7, 11) is 1.67. The van der Waals surface area contributed by atoms with Gasteiger partial charge in [0.15, 0.2) is 5.65 Å². The Morgan fingerprint density at radius 1 is 1.17 bits per heavy atom. The quantitative estimate of drug-likeness (QED) is 0.372. The number of nitrogens with one attached hydrogen (secondary N) is 2. The number of rotatable bonds is 9. The molecule has 4 aromatic rings. The van der Waals surface area contributed by atoms with Gasteiger partial charge in [-0.1, -0.05) is 26.0 Å². The van der Waals surface area contributed by atoms with Gasteiger partial charge in [0.05, 0.1) is 24.9 Å². The Hall–Kier alpha value is -3.66. The van der Waals surface area contributed by atoms with Gasteiger partial charge in [0.2, 0.25) is 0 Å². The Balaban J connectivity index is 1.59. The molecule has 3 aromatic heterocycles. The summed E-state index contributed by atoms with van der Waals surface area (Å²) >= 11 is 0. The zero-order valence-electron chi connectivity index (χ0n) is 21.0. The van der Waals surface area contributed by atoms with Crippen LogP contribution in [0.1, 0.15) is 44.7 Å². The molecule has 1 saturated heterocycles. The molecule has 1 aliphatic heterocycles. The lowest BCUT2D eigenvalue weighted by atomic mass is 9.92. The second-order valence-corrected chi connectivity index (χ2v) is 9.36. The van der Waals surface area contributed by atoms with Gasteiger partial charge in [-0.2, -0.15) is 5.10 Å². The smallest absolute Gasteiger partial charge is 0.332 e. The lowest BCUT2D eigenvalue weighted by molar-refractivity contribution is 0.372. The van der Waals surface area contributed by atoms with Gasteiger partial charge < -0.3 is 15.0 Å². The minimum absolute atomic E-state index is 0.0216. The highest BCUT2D eigenvalue weighted by atomic mass is 16.5. The van der Waals surface area contributed by atoms with Crippen molar-refractivity contribution in [2.45, 2.75) is 52.2 Å². The van der Waals surface area contributed by atoms with Crippen LogP contribution in [0.2, 0.25) is 0 Å². The van der Waals surface area contributed by atoms with Crippen LogP contribution < -0.4 is 21.3 Å². The molecule has 0 radical (unpaired) electrons. The third kappa shape index (κ3) is 4.26. The van der Waals surface area contributed by atoms with E-state index in [0.29, 0.717) is 42.4 Å². The van der Waals surface area contributed by atoms with E-state index in [1.54, 1.807) is 17.9 Å². The van der Waals surface area contributed by atoms with E-state index in [0.717, 1.165) is 42.8 Å². The number of aromatic amines is 1. The number of aryl methyl sites for hydroxylation is 1. The van der Waals surface area contributed by atoms with Crippen LogP contribution in [0.4, 0.5) is 0 Å². The van der Waals surface area contributed by atoms with Gasteiger partial charge in [-0.25, -0.2) is 9.78 Å². The van der Waals surface area contributed by atoms with E-state index in [-0.39, 0.29) is 17.3 Å². The van der Waals surface area contributed by atoms with E-state index >= 15 is 0 Å². The van der Waals surface area contributed by atoms with Crippen molar-refractivity contribution in [3.05, 3.63) is 63.1 Å². The van der Waals surface area contributed by atoms with Crippen LogP contribution >= 0.6 is 0 Å². The summed E-state index contributed by atoms with van der Waals surface area (Å²) in [5.41, 5.74) is 2.00. The molecule has 2 N–H and O–H groups in total. The molecular weight excluding hydrogens is 458 g/mol. The largest absolute Gasteiger partial charge is 0.497 e. The molecule has 0 saturated carbocycles. The normalized spacial score (nSPS) is 16.6. The number of aromatic nitrogens is 6. The number of nitrogens with zero attached hydrogens (tertiary/aromatic N) is 5. The van der Waals surface area contributed by atoms with Gasteiger partial charge in [0, 0.05) is 25.8 Å². The van der Waals surface area contributed by atoms with E-state index in [1.165, 1.54) is 4.57 Å². The molecule has 2 unspecified atom stereocenters. The third-order valence-corrected chi connectivity index (χ3v) is 6.90. The van der Waals surface area contributed by atoms with Crippen LogP contribution in [0.15, 0.2) is 46.2 Å². The van der Waals surface area contributed by atoms with Crippen LogP contribution in [0, 0.1) is 5.92 Å². The van der Waals surface area contributed by atoms with Gasteiger partial charge in [0.25, 0.3) is 5.56 Å². The predicted molar refractivity (Wildman–Crippen MR) is 139 cm³/mol. The van der Waals surface area contributed by atoms with Crippen molar-refractivity contribution in [3.63, 3.8) is 0 Å². The highest BCUT2D eigenvalue weighted by molar-refractivity contribution is 5.75. The fourth-order valence-corrected chi connectivity index (χ4v) is 5.17. The molecule has 5 rings (SSSR count). The molecule has 10 nitrogen and oxygen atoms in total. The summed E-state index contributed by atoms with van der Waals surface area (Å²) in [6, 6.07) is 8.13. The lowest BCUT2D eigenvalue weighted by Crippen LogP contribution is -2.40. The van der Waals surface area contributed by atoms with Crippen molar-refractivity contribution in [1.82, 2.24) is 34.2 Å². The van der Waals surface area contributed by atoms with Gasteiger partial charge in [0.1, 0.15) is 17.1 Å². The Bertz CT molecular complexity index is 1470. The zero-order chi connectivity index (χ0) is 25.2. The third-order valence-electron chi connectivity index (χ3n) is 6.90. The molecule has 0 bridgehead atoms. The summed E-state index contributed by atoms with van der Waals surface area (Å²) in [4.78, 5) is 34.0. The molecule has 2 atom stereocenters. The van der Waals surface area contributed by atoms with Crippen LogP contribution in [0.25, 0.3) is 22.6 Å². The Kier molecular flexibility index (Phi) is 6.77. The summed E-state index contributed by atoms with van der Waals surface area (Å²) < 4.78 is 10.3. The van der Waals surface area contributed by atoms with Gasteiger partial charge >= 0.3 is 5.69 Å². The number of ether oxygens (including phenoxy) is 1. The SMILES string of the molecule is CCCn1c(=O)c2[nH]c(-c3cnn(C(c4cccc(OC)c4)C4CCNC4)c3)nc2n(CCC)c1=O. The topological polar surface area (TPSA) is 112 Å². The van der Waals surface area contributed by atoms with Gasteiger partial charge in [-0.05, 0) is 49.4 Å². The first-order valence-electron chi connectivity index (χ1n) is 12.7. The van der Waals surface area contributed by atoms with Crippen molar-refractivity contribution in [2.24, 2.45) is 5.92 Å². The zero-order valence-corrected chi connectivity index (χ0v) is 21.0. The second-order valence-electron chi connectivity index (χ2n) is 9.36. The highest BCUT2D eigenvalue weighted by Gasteiger charge is 2.29. The number of fused-ring (bicyclic) bond motifs is 1. The van der Waals surface area contributed by atoms with E-state index in [2.05, 4.69) is 22.4 Å². The van der Waals surface area contributed by atoms with Crippen molar-refractivity contribution < 1.29 is 4.74 Å². The highest BCUT2D eigenvalue weighted by Crippen LogP contribution is 2.33. The van der Waals surface area contributed by atoms with E-state index in [4.69, 9.17) is 14.8 Å². The van der Waals surface area contributed by atoms with Crippen molar-refractivity contribution in [3.8, 4) is 17.1 Å². The molecule has 0 amide bonds. The lowest BCUT2D eigenvalue weighted by Gasteiger charge is -2.24. The molecule has 190 valence electrons. The van der Waals surface area contributed by atoms with Crippen molar-refractivity contribution in [1.29, 1.82) is 0 Å². The van der Waals surface area contributed by atoms with Crippen molar-refractivity contribution >= 4 is 11.2 Å². The fraction of sp³-hybridized carbons (Fsp3) is 0.462. The number of benzene rings is 1. The predicted octanol–water partition coefficient (Wildman–Crippen LogP) is 2.78. The second kappa shape index (κ2) is 10.1. The minimum atomic E-state index is -0.332. The molecule has 10 heteroatoms. The van der Waals surface area contributed by atoms with Crippen LogP contribution in [-0.2, 0) is 13.1 Å². The first kappa shape index (κ1) is 24.1. The number of methoxy groups -OCH3 is 1. The molecule has 1 aromatic carbocycles. The number of hydrogen-bond donors (Lipinski definition) is 2. The first-order valence-corrected chi connectivity index (χ1v) is 12.7. The van der Waals surface area contributed by atoms with E-state index in [9.17, 15) is 9.59 Å². The summed E-state index contributed by atoms with van der Waals surface area (Å²) in [5, 5.41) is 8.18. The molecule has 0 aliphatic carbocycles. The van der Waals surface area contributed by atoms with Gasteiger partial charge in [-0.3, -0.25) is 18.6 Å². The maximum absolute atomic E-state index is 13.1. The maximum Gasteiger partial charge on any atom is 0.332 e. The standard InChI is InChI=1S/C26H33N7O3/c1-4-11-31-24-21(25(34)32(12-5-2)26(31)35)29-23(30-24)19-15-28-33(16-19)22(18-9-10-27-14-18)17-7-6-8-20(13-17)36-3/h6-8,13,15-16,18,22,27H,4-5,9-12,14H2,1-3H3,(H,29,30). The molecule has 0 spiro atoms. The van der Waals surface area contributed by atoms with Crippen molar-refractivity contribution in [2.75, 3.05) is 20.2 Å². The number of H-pyrrole nitrogens is 1. The van der Waals surface area contributed by atoms with Crippen LogP contribution in [0.3, 0.4) is 0 Å². The summed E-state index contributed by atoms with van der Waals surface area (Å²) in [6.45, 7) is 6.70. The van der Waals surface area contributed by atoms with E-state index < -0.39 is 0 Å². The van der Waals surface area contributed by atoms with Crippen LogP contribution in [-0.4, -0.2) is 49.1 Å². The fourth-order valence-electron chi connectivity index (χ4n) is 5.17. The van der Waals surface area contributed by atoms with Crippen LogP contribution in [0.5, 0.6) is 5.75 Å². The molecule has 4 heterocycles. The Morgan fingerprint density at radius 2 is 1.97 bits per heavy atom. The molecule has 36 heavy (non-hydrogen) atoms. The summed E-state index contributed by atoms with van der Waals surface area (Å²) in [5.74, 6) is 1.71. The number of imidazole rings is 1. The average Bonchev–Trinajstić information content (AvgIpc) is 3.66. The van der Waals surface area contributed by atoms with E-state index in [1.807, 2.05) is 36.9 Å². The monoisotopic (exact) mass is 491 g/mol. The Morgan fingerprint density at radius 3 is 2.69 bits per heavy atom. The molecule has 1 aliphatic rings. The minimum Gasteiger partial charge on any atom is -0.497 e.